The molecule has 0 amide bonds. The van der Waals surface area contributed by atoms with Gasteiger partial charge in [0, 0.05) is 12.5 Å². The van der Waals surface area contributed by atoms with Gasteiger partial charge in [0.15, 0.2) is 5.82 Å². The monoisotopic (exact) mass is 181 g/mol. The molecule has 0 fully saturated rings. The van der Waals surface area contributed by atoms with Crippen LogP contribution in [0.3, 0.4) is 0 Å². The van der Waals surface area contributed by atoms with Gasteiger partial charge in [0.05, 0.1) is 6.04 Å². The topological polar surface area (TPSA) is 69.6 Å². The van der Waals surface area contributed by atoms with Crippen molar-refractivity contribution in [1.82, 2.24) is 20.2 Å². The fourth-order valence-corrected chi connectivity index (χ4v) is 1.93. The van der Waals surface area contributed by atoms with Gasteiger partial charge in [0.1, 0.15) is 0 Å². The van der Waals surface area contributed by atoms with E-state index in [1.165, 1.54) is 6.42 Å². The Balaban J connectivity index is 2.15. The highest BCUT2D eigenvalue weighted by Gasteiger charge is 2.22. The molecule has 1 aliphatic rings. The standard InChI is InChI=1S/C8H15N5/c1-6(9)5-7-3-2-4-8-10-11-12-13(7)8/h6-7H,2-5,9H2,1H3. The number of tetrazole rings is 1. The Bertz CT molecular complexity index is 280. The van der Waals surface area contributed by atoms with Crippen molar-refractivity contribution in [2.75, 3.05) is 0 Å². The average molecular weight is 181 g/mol. The Kier molecular flexibility index (Phi) is 2.26. The van der Waals surface area contributed by atoms with Crippen LogP contribution < -0.4 is 5.73 Å². The first-order chi connectivity index (χ1) is 6.27. The zero-order valence-corrected chi connectivity index (χ0v) is 7.85. The molecule has 2 unspecified atom stereocenters. The third-order valence-electron chi connectivity index (χ3n) is 2.49. The molecule has 2 N–H and O–H groups in total. The smallest absolute Gasteiger partial charge is 0.151 e. The lowest BCUT2D eigenvalue weighted by atomic mass is 9.99. The first-order valence-corrected chi connectivity index (χ1v) is 4.79. The summed E-state index contributed by atoms with van der Waals surface area (Å²) in [5.74, 6) is 1.01. The highest BCUT2D eigenvalue weighted by Crippen LogP contribution is 2.25. The molecule has 1 aromatic rings. The Labute approximate surface area is 77.3 Å². The average Bonchev–Trinajstić information content (AvgIpc) is 2.51. The highest BCUT2D eigenvalue weighted by molar-refractivity contribution is 4.90. The van der Waals surface area contributed by atoms with Gasteiger partial charge in [-0.1, -0.05) is 0 Å². The molecule has 1 aliphatic heterocycles. The van der Waals surface area contributed by atoms with Crippen LogP contribution in [0, 0.1) is 0 Å². The minimum atomic E-state index is 0.222. The molecular formula is C8H15N5. The molecular weight excluding hydrogens is 166 g/mol. The summed E-state index contributed by atoms with van der Waals surface area (Å²) >= 11 is 0. The van der Waals surface area contributed by atoms with Crippen LogP contribution in [0.1, 0.15) is 38.1 Å². The van der Waals surface area contributed by atoms with E-state index in [2.05, 4.69) is 15.5 Å². The first kappa shape index (κ1) is 8.62. The molecule has 2 rings (SSSR count). The first-order valence-electron chi connectivity index (χ1n) is 4.79. The summed E-state index contributed by atoms with van der Waals surface area (Å²) in [6.07, 6.45) is 4.30. The molecule has 13 heavy (non-hydrogen) atoms. The van der Waals surface area contributed by atoms with Gasteiger partial charge in [-0.05, 0) is 36.6 Å². The number of nitrogens with zero attached hydrogens (tertiary/aromatic N) is 4. The van der Waals surface area contributed by atoms with Crippen molar-refractivity contribution in [2.45, 2.75) is 44.7 Å². The number of nitrogens with two attached hydrogens (primary N) is 1. The third kappa shape index (κ3) is 1.70. The van der Waals surface area contributed by atoms with E-state index in [1.807, 2.05) is 11.6 Å². The summed E-state index contributed by atoms with van der Waals surface area (Å²) in [6, 6.07) is 0.638. The number of fused-ring (bicyclic) bond motifs is 1. The Morgan fingerprint density at radius 2 is 2.54 bits per heavy atom. The summed E-state index contributed by atoms with van der Waals surface area (Å²) in [5, 5.41) is 11.7. The van der Waals surface area contributed by atoms with Gasteiger partial charge < -0.3 is 5.73 Å². The van der Waals surface area contributed by atoms with E-state index in [4.69, 9.17) is 5.73 Å². The molecule has 0 spiro atoms. The molecule has 0 saturated heterocycles. The van der Waals surface area contributed by atoms with E-state index >= 15 is 0 Å². The Hall–Kier alpha value is -0.970. The molecule has 0 aliphatic carbocycles. The van der Waals surface area contributed by atoms with Gasteiger partial charge in [-0.3, -0.25) is 0 Å². The fraction of sp³-hybridized carbons (Fsp3) is 0.875. The Morgan fingerprint density at radius 3 is 3.31 bits per heavy atom. The lowest BCUT2D eigenvalue weighted by Gasteiger charge is -2.23. The molecule has 72 valence electrons. The van der Waals surface area contributed by atoms with Gasteiger partial charge in [-0.15, -0.1) is 5.10 Å². The van der Waals surface area contributed by atoms with Crippen LogP contribution in [0.4, 0.5) is 0 Å². The largest absolute Gasteiger partial charge is 0.328 e. The van der Waals surface area contributed by atoms with E-state index in [9.17, 15) is 0 Å². The second kappa shape index (κ2) is 3.41. The predicted molar refractivity (Wildman–Crippen MR) is 48.1 cm³/mol. The van der Waals surface area contributed by atoms with Gasteiger partial charge in [-0.2, -0.15) is 0 Å². The third-order valence-corrected chi connectivity index (χ3v) is 2.49. The van der Waals surface area contributed by atoms with E-state index < -0.39 is 0 Å². The summed E-state index contributed by atoms with van der Waals surface area (Å²) < 4.78 is 1.94. The zero-order chi connectivity index (χ0) is 9.26. The molecule has 2 atom stereocenters. The lowest BCUT2D eigenvalue weighted by molar-refractivity contribution is 0.323. The molecule has 0 saturated carbocycles. The predicted octanol–water partition coefficient (Wildman–Crippen LogP) is 0.288. The van der Waals surface area contributed by atoms with E-state index in [0.29, 0.717) is 6.04 Å². The minimum Gasteiger partial charge on any atom is -0.328 e. The molecule has 0 radical (unpaired) electrons. The van der Waals surface area contributed by atoms with Gasteiger partial charge in [0.25, 0.3) is 0 Å². The second-order valence-electron chi connectivity index (χ2n) is 3.80. The van der Waals surface area contributed by atoms with Crippen LogP contribution in [0.5, 0.6) is 0 Å². The number of hydrogen-bond donors (Lipinski definition) is 1. The lowest BCUT2D eigenvalue weighted by Crippen LogP contribution is -2.26. The molecule has 1 aromatic heterocycles. The van der Waals surface area contributed by atoms with Crippen molar-refractivity contribution in [3.63, 3.8) is 0 Å². The van der Waals surface area contributed by atoms with Gasteiger partial charge in [-0.25, -0.2) is 4.68 Å². The quantitative estimate of drug-likeness (QED) is 0.711. The van der Waals surface area contributed by atoms with E-state index in [0.717, 1.165) is 25.1 Å². The van der Waals surface area contributed by atoms with Crippen LogP contribution in [-0.4, -0.2) is 26.2 Å². The maximum Gasteiger partial charge on any atom is 0.151 e. The summed E-state index contributed by atoms with van der Waals surface area (Å²) in [7, 11) is 0. The van der Waals surface area contributed by atoms with Crippen LogP contribution in [0.2, 0.25) is 0 Å². The summed E-state index contributed by atoms with van der Waals surface area (Å²) in [5.41, 5.74) is 5.77. The maximum absolute atomic E-state index is 5.77. The van der Waals surface area contributed by atoms with Crippen molar-refractivity contribution in [3.05, 3.63) is 5.82 Å². The van der Waals surface area contributed by atoms with Crippen molar-refractivity contribution in [2.24, 2.45) is 5.73 Å². The number of rotatable bonds is 2. The molecule has 2 heterocycles. The summed E-state index contributed by atoms with van der Waals surface area (Å²) in [6.45, 7) is 2.03. The van der Waals surface area contributed by atoms with Crippen molar-refractivity contribution >= 4 is 0 Å². The van der Waals surface area contributed by atoms with Crippen molar-refractivity contribution in [3.8, 4) is 0 Å². The van der Waals surface area contributed by atoms with Crippen molar-refractivity contribution in [1.29, 1.82) is 0 Å². The normalized spacial score (nSPS) is 24.0. The van der Waals surface area contributed by atoms with Crippen LogP contribution in [-0.2, 0) is 6.42 Å². The zero-order valence-electron chi connectivity index (χ0n) is 7.85. The van der Waals surface area contributed by atoms with Crippen LogP contribution in [0.15, 0.2) is 0 Å². The SMILES string of the molecule is CC(N)CC1CCCc2nnnn21. The minimum absolute atomic E-state index is 0.222. The number of aromatic nitrogens is 4. The molecule has 0 bridgehead atoms. The molecule has 5 nitrogen and oxygen atoms in total. The number of hydrogen-bond acceptors (Lipinski definition) is 4. The van der Waals surface area contributed by atoms with E-state index in [-0.39, 0.29) is 6.04 Å². The van der Waals surface area contributed by atoms with Gasteiger partial charge in [0.2, 0.25) is 0 Å². The second-order valence-corrected chi connectivity index (χ2v) is 3.80. The Morgan fingerprint density at radius 1 is 1.69 bits per heavy atom. The van der Waals surface area contributed by atoms with Crippen LogP contribution in [0.25, 0.3) is 0 Å². The van der Waals surface area contributed by atoms with Crippen molar-refractivity contribution < 1.29 is 0 Å². The molecule has 0 aromatic carbocycles. The molecule has 5 heteroatoms. The fourth-order valence-electron chi connectivity index (χ4n) is 1.93. The van der Waals surface area contributed by atoms with Crippen LogP contribution >= 0.6 is 0 Å². The number of aryl methyl sites for hydroxylation is 1. The van der Waals surface area contributed by atoms with Gasteiger partial charge >= 0.3 is 0 Å². The maximum atomic E-state index is 5.77. The summed E-state index contributed by atoms with van der Waals surface area (Å²) in [4.78, 5) is 0. The van der Waals surface area contributed by atoms with E-state index in [1.54, 1.807) is 0 Å². The highest BCUT2D eigenvalue weighted by atomic mass is 15.6.